The van der Waals surface area contributed by atoms with Crippen molar-refractivity contribution >= 4 is 23.4 Å². The molecule has 3 atom stereocenters. The van der Waals surface area contributed by atoms with Crippen LogP contribution in [0.2, 0.25) is 0 Å². The van der Waals surface area contributed by atoms with E-state index in [0.717, 1.165) is 30.5 Å². The average Bonchev–Trinajstić information content (AvgIpc) is 3.07. The molecule has 1 aliphatic carbocycles. The second-order valence-corrected chi connectivity index (χ2v) is 6.47. The Hall–Kier alpha value is -2.21. The van der Waals surface area contributed by atoms with Gasteiger partial charge >= 0.3 is 0 Å². The second-order valence-electron chi connectivity index (χ2n) is 6.47. The maximum Gasteiger partial charge on any atom is 0.230 e. The number of carbonyl (C=O) groups excluding carboxylic acids is 3. The highest BCUT2D eigenvalue weighted by molar-refractivity contribution is 6.03. The summed E-state index contributed by atoms with van der Waals surface area (Å²) >= 11 is 0. The lowest BCUT2D eigenvalue weighted by Crippen LogP contribution is -2.23. The van der Waals surface area contributed by atoms with Gasteiger partial charge in [-0.15, -0.1) is 0 Å². The number of amides is 3. The zero-order valence-electron chi connectivity index (χ0n) is 12.9. The van der Waals surface area contributed by atoms with Crippen molar-refractivity contribution in [2.75, 3.05) is 5.32 Å². The third-order valence-electron chi connectivity index (χ3n) is 4.61. The molecule has 3 unspecified atom stereocenters. The molecule has 1 saturated heterocycles. The number of imide groups is 1. The molecule has 0 bridgehead atoms. The van der Waals surface area contributed by atoms with Crippen molar-refractivity contribution in [1.29, 1.82) is 0 Å². The topological polar surface area (TPSA) is 101 Å². The van der Waals surface area contributed by atoms with Crippen molar-refractivity contribution in [3.05, 3.63) is 29.8 Å². The highest BCUT2D eigenvalue weighted by Crippen LogP contribution is 2.26. The first-order valence-corrected chi connectivity index (χ1v) is 8.00. The Kier molecular flexibility index (Phi) is 4.43. The maximum atomic E-state index is 12.1. The molecule has 0 radical (unpaired) electrons. The van der Waals surface area contributed by atoms with Crippen molar-refractivity contribution in [2.45, 2.75) is 38.1 Å². The number of benzene rings is 1. The first kappa shape index (κ1) is 15.7. The quantitative estimate of drug-likeness (QED) is 0.720. The van der Waals surface area contributed by atoms with Crippen molar-refractivity contribution in [1.82, 2.24) is 5.32 Å². The summed E-state index contributed by atoms with van der Waals surface area (Å²) in [5, 5.41) is 5.23. The normalized spacial score (nSPS) is 27.1. The summed E-state index contributed by atoms with van der Waals surface area (Å²) in [6.45, 7) is 0. The molecule has 3 rings (SSSR count). The van der Waals surface area contributed by atoms with E-state index in [4.69, 9.17) is 5.73 Å². The van der Waals surface area contributed by atoms with E-state index < -0.39 is 0 Å². The fourth-order valence-electron chi connectivity index (χ4n) is 3.28. The molecule has 1 aromatic carbocycles. The van der Waals surface area contributed by atoms with Crippen LogP contribution in [0.4, 0.5) is 5.69 Å². The molecule has 1 saturated carbocycles. The van der Waals surface area contributed by atoms with Gasteiger partial charge in [-0.1, -0.05) is 12.1 Å². The van der Waals surface area contributed by atoms with Crippen LogP contribution >= 0.6 is 0 Å². The number of carbonyl (C=O) groups is 3. The van der Waals surface area contributed by atoms with Gasteiger partial charge < -0.3 is 11.1 Å². The minimum atomic E-state index is -0.289. The minimum absolute atomic E-state index is 0.00197. The molecule has 6 heteroatoms. The molecule has 4 N–H and O–H groups in total. The van der Waals surface area contributed by atoms with Gasteiger partial charge in [0, 0.05) is 24.1 Å². The van der Waals surface area contributed by atoms with E-state index in [9.17, 15) is 14.4 Å². The van der Waals surface area contributed by atoms with E-state index >= 15 is 0 Å². The van der Waals surface area contributed by atoms with Crippen molar-refractivity contribution < 1.29 is 14.4 Å². The van der Waals surface area contributed by atoms with Gasteiger partial charge in [0.1, 0.15) is 0 Å². The van der Waals surface area contributed by atoms with Crippen LogP contribution in [0.15, 0.2) is 24.3 Å². The lowest BCUT2D eigenvalue weighted by Gasteiger charge is -2.12. The molecule has 1 heterocycles. The Morgan fingerprint density at radius 2 is 1.96 bits per heavy atom. The first-order chi connectivity index (χ1) is 11.0. The molecule has 0 spiro atoms. The third-order valence-corrected chi connectivity index (χ3v) is 4.61. The van der Waals surface area contributed by atoms with Gasteiger partial charge in [0.15, 0.2) is 0 Å². The Morgan fingerprint density at radius 3 is 2.52 bits per heavy atom. The monoisotopic (exact) mass is 315 g/mol. The lowest BCUT2D eigenvalue weighted by molar-refractivity contribution is -0.126. The number of nitrogens with one attached hydrogen (secondary N) is 2. The molecule has 1 aliphatic heterocycles. The van der Waals surface area contributed by atoms with E-state index in [-0.39, 0.29) is 42.0 Å². The molecule has 1 aromatic rings. The predicted octanol–water partition coefficient (Wildman–Crippen LogP) is 0.958. The van der Waals surface area contributed by atoms with Crippen LogP contribution in [0.25, 0.3) is 0 Å². The molecule has 2 aliphatic rings. The summed E-state index contributed by atoms with van der Waals surface area (Å²) in [5.74, 6) is -0.684. The van der Waals surface area contributed by atoms with Gasteiger partial charge in [0.2, 0.25) is 17.7 Å². The highest BCUT2D eigenvalue weighted by atomic mass is 16.2. The highest BCUT2D eigenvalue weighted by Gasteiger charge is 2.30. The standard InChI is InChI=1S/C17H21N3O3/c18-13-4-3-11(8-13)16(22)19-14-5-1-10(2-6-14)7-12-9-15(21)20-17(12)23/h1-2,5-6,11-13H,3-4,7-9,18H2,(H,19,22)(H,20,21,23). The summed E-state index contributed by atoms with van der Waals surface area (Å²) in [5.41, 5.74) is 7.55. The molecule has 2 fully saturated rings. The van der Waals surface area contributed by atoms with E-state index in [1.807, 2.05) is 24.3 Å². The fourth-order valence-corrected chi connectivity index (χ4v) is 3.28. The Balaban J connectivity index is 1.56. The second kappa shape index (κ2) is 6.50. The number of rotatable bonds is 4. The Bertz CT molecular complexity index is 626. The van der Waals surface area contributed by atoms with Crippen LogP contribution < -0.4 is 16.4 Å². The minimum Gasteiger partial charge on any atom is -0.328 e. The van der Waals surface area contributed by atoms with E-state index in [1.165, 1.54) is 0 Å². The van der Waals surface area contributed by atoms with Crippen LogP contribution in [-0.4, -0.2) is 23.8 Å². The van der Waals surface area contributed by atoms with Crippen LogP contribution in [0.5, 0.6) is 0 Å². The molecule has 23 heavy (non-hydrogen) atoms. The summed E-state index contributed by atoms with van der Waals surface area (Å²) in [7, 11) is 0. The van der Waals surface area contributed by atoms with Crippen LogP contribution in [0, 0.1) is 11.8 Å². The van der Waals surface area contributed by atoms with Gasteiger partial charge in [-0.2, -0.15) is 0 Å². The predicted molar refractivity (Wildman–Crippen MR) is 85.3 cm³/mol. The molecular weight excluding hydrogens is 294 g/mol. The van der Waals surface area contributed by atoms with Gasteiger partial charge in [-0.3, -0.25) is 19.7 Å². The number of anilines is 1. The summed E-state index contributed by atoms with van der Waals surface area (Å²) < 4.78 is 0. The lowest BCUT2D eigenvalue weighted by atomic mass is 9.98. The van der Waals surface area contributed by atoms with Gasteiger partial charge in [-0.05, 0) is 43.4 Å². The molecule has 6 nitrogen and oxygen atoms in total. The van der Waals surface area contributed by atoms with Crippen LogP contribution in [-0.2, 0) is 20.8 Å². The molecular formula is C17H21N3O3. The molecule has 0 aromatic heterocycles. The van der Waals surface area contributed by atoms with E-state index in [1.54, 1.807) is 0 Å². The smallest absolute Gasteiger partial charge is 0.230 e. The average molecular weight is 315 g/mol. The number of hydrogen-bond donors (Lipinski definition) is 3. The number of hydrogen-bond acceptors (Lipinski definition) is 4. The van der Waals surface area contributed by atoms with Crippen LogP contribution in [0.3, 0.4) is 0 Å². The molecule has 122 valence electrons. The zero-order chi connectivity index (χ0) is 16.4. The Morgan fingerprint density at radius 1 is 1.22 bits per heavy atom. The van der Waals surface area contributed by atoms with Gasteiger partial charge in [0.25, 0.3) is 0 Å². The summed E-state index contributed by atoms with van der Waals surface area (Å²) in [6.07, 6.45) is 3.27. The van der Waals surface area contributed by atoms with E-state index in [0.29, 0.717) is 6.42 Å². The number of nitrogens with two attached hydrogens (primary N) is 1. The van der Waals surface area contributed by atoms with Crippen molar-refractivity contribution in [3.63, 3.8) is 0 Å². The van der Waals surface area contributed by atoms with Gasteiger partial charge in [-0.25, -0.2) is 0 Å². The summed E-state index contributed by atoms with van der Waals surface area (Å²) in [6, 6.07) is 7.56. The Labute approximate surface area is 134 Å². The summed E-state index contributed by atoms with van der Waals surface area (Å²) in [4.78, 5) is 34.9. The maximum absolute atomic E-state index is 12.1. The van der Waals surface area contributed by atoms with Crippen molar-refractivity contribution in [2.24, 2.45) is 17.6 Å². The first-order valence-electron chi connectivity index (χ1n) is 8.00. The zero-order valence-corrected chi connectivity index (χ0v) is 12.9. The SMILES string of the molecule is NC1CCC(C(=O)Nc2ccc(CC3CC(=O)NC3=O)cc2)C1. The van der Waals surface area contributed by atoms with Crippen molar-refractivity contribution in [3.8, 4) is 0 Å². The van der Waals surface area contributed by atoms with E-state index in [2.05, 4.69) is 10.6 Å². The largest absolute Gasteiger partial charge is 0.328 e. The van der Waals surface area contributed by atoms with Crippen LogP contribution in [0.1, 0.15) is 31.2 Å². The third kappa shape index (κ3) is 3.76. The molecule has 3 amide bonds. The van der Waals surface area contributed by atoms with Gasteiger partial charge in [0.05, 0.1) is 5.92 Å². The fraction of sp³-hybridized carbons (Fsp3) is 0.471.